The number of hydrogen-bond acceptors (Lipinski definition) is 2. The number of ether oxygens (including phenoxy) is 1. The van der Waals surface area contributed by atoms with Crippen molar-refractivity contribution >= 4 is 28.5 Å². The molecule has 0 radical (unpaired) electrons. The second kappa shape index (κ2) is 10.1. The summed E-state index contributed by atoms with van der Waals surface area (Å²) in [6, 6.07) is 48.5. The first-order chi connectivity index (χ1) is 16.8. The summed E-state index contributed by atoms with van der Waals surface area (Å²) in [5.74, 6) is 1.54. The van der Waals surface area contributed by atoms with Gasteiger partial charge in [0.25, 0.3) is 0 Å². The first kappa shape index (κ1) is 22.1. The molecule has 0 spiro atoms. The number of aliphatic hydroxyl groups is 1. The zero-order valence-electron chi connectivity index (χ0n) is 18.8. The minimum Gasteiger partial charge on any atom is -0.457 e. The fourth-order valence-electron chi connectivity index (χ4n) is 4.39. The molecule has 0 saturated heterocycles. The molecule has 2 nitrogen and oxygen atoms in total. The lowest BCUT2D eigenvalue weighted by Gasteiger charge is -2.27. The average molecular weight is 462 g/mol. The third-order valence-corrected chi connectivity index (χ3v) is 10.3. The van der Waals surface area contributed by atoms with Crippen molar-refractivity contribution in [3.05, 3.63) is 145 Å². The highest BCUT2D eigenvalue weighted by atomic mass is 31.2. The smallest absolute Gasteiger partial charge is 0.144 e. The molecule has 0 aromatic heterocycles. The van der Waals surface area contributed by atoms with Crippen molar-refractivity contribution in [3.63, 3.8) is 0 Å². The fourth-order valence-corrected chi connectivity index (χ4v) is 8.63. The van der Waals surface area contributed by atoms with Gasteiger partial charge in [0.1, 0.15) is 40.0 Å². The Morgan fingerprint density at radius 2 is 0.794 bits per heavy atom. The lowest BCUT2D eigenvalue weighted by Crippen LogP contribution is -2.38. The Bertz CT molecular complexity index is 1220. The molecule has 0 heterocycles. The van der Waals surface area contributed by atoms with E-state index in [1.165, 1.54) is 21.2 Å². The second-order valence-corrected chi connectivity index (χ2v) is 11.5. The van der Waals surface area contributed by atoms with E-state index in [1.807, 2.05) is 24.3 Å². The summed E-state index contributed by atoms with van der Waals surface area (Å²) < 4.78 is 6.09. The van der Waals surface area contributed by atoms with Gasteiger partial charge in [-0.1, -0.05) is 66.7 Å². The molecule has 0 aliphatic carbocycles. The highest BCUT2D eigenvalue weighted by molar-refractivity contribution is 8.01. The number of aliphatic hydroxyl groups excluding tert-OH is 1. The SMILES string of the molecule is OCc1ccc(Oc2ccc([P+](c3ccccc3)(c3ccccc3)c3ccccc3)cc2)cc1. The van der Waals surface area contributed by atoms with Crippen LogP contribution >= 0.6 is 7.26 Å². The van der Waals surface area contributed by atoms with Crippen LogP contribution in [0.1, 0.15) is 5.56 Å². The summed E-state index contributed by atoms with van der Waals surface area (Å²) in [5.41, 5.74) is 0.867. The third-order valence-electron chi connectivity index (χ3n) is 6.00. The maximum absolute atomic E-state index is 9.27. The van der Waals surface area contributed by atoms with Gasteiger partial charge in [-0.05, 0) is 78.4 Å². The first-order valence-corrected chi connectivity index (χ1v) is 13.1. The highest BCUT2D eigenvalue weighted by Crippen LogP contribution is 2.54. The van der Waals surface area contributed by atoms with Crippen molar-refractivity contribution in [3.8, 4) is 11.5 Å². The molecule has 34 heavy (non-hydrogen) atoms. The Hall–Kier alpha value is -3.71. The minimum atomic E-state index is -2.10. The predicted octanol–water partition coefficient (Wildman–Crippen LogP) is 5.59. The van der Waals surface area contributed by atoms with Crippen LogP contribution in [0.2, 0.25) is 0 Å². The summed E-state index contributed by atoms with van der Waals surface area (Å²) in [6.45, 7) is 0.0270. The summed E-state index contributed by atoms with van der Waals surface area (Å²) in [4.78, 5) is 0. The molecule has 0 amide bonds. The lowest BCUT2D eigenvalue weighted by molar-refractivity contribution is 0.281. The molecule has 166 valence electrons. The van der Waals surface area contributed by atoms with Crippen LogP contribution in [0.4, 0.5) is 0 Å². The van der Waals surface area contributed by atoms with Gasteiger partial charge in [0.05, 0.1) is 6.61 Å². The quantitative estimate of drug-likeness (QED) is 0.320. The Kier molecular flexibility index (Phi) is 6.53. The number of rotatable bonds is 7. The van der Waals surface area contributed by atoms with E-state index in [0.29, 0.717) is 0 Å². The van der Waals surface area contributed by atoms with Gasteiger partial charge >= 0.3 is 0 Å². The molecule has 0 unspecified atom stereocenters. The Morgan fingerprint density at radius 1 is 0.441 bits per heavy atom. The molecule has 0 aliphatic heterocycles. The van der Waals surface area contributed by atoms with Gasteiger partial charge in [0.15, 0.2) is 0 Å². The normalized spacial score (nSPS) is 11.2. The second-order valence-electron chi connectivity index (χ2n) is 8.08. The van der Waals surface area contributed by atoms with E-state index in [0.717, 1.165) is 17.1 Å². The Morgan fingerprint density at radius 3 is 1.18 bits per heavy atom. The van der Waals surface area contributed by atoms with Gasteiger partial charge in [-0.3, -0.25) is 0 Å². The predicted molar refractivity (Wildman–Crippen MR) is 144 cm³/mol. The van der Waals surface area contributed by atoms with Crippen LogP contribution in [0.15, 0.2) is 140 Å². The van der Waals surface area contributed by atoms with Gasteiger partial charge in [0, 0.05) is 0 Å². The summed E-state index contributed by atoms with van der Waals surface area (Å²) >= 11 is 0. The Labute approximate surface area is 201 Å². The molecule has 5 aromatic rings. The molecule has 0 atom stereocenters. The first-order valence-electron chi connectivity index (χ1n) is 11.3. The van der Waals surface area contributed by atoms with E-state index in [4.69, 9.17) is 4.74 Å². The van der Waals surface area contributed by atoms with Gasteiger partial charge < -0.3 is 9.84 Å². The molecule has 0 fully saturated rings. The van der Waals surface area contributed by atoms with Crippen LogP contribution < -0.4 is 26.0 Å². The molecule has 0 aliphatic rings. The zero-order chi connectivity index (χ0) is 23.2. The zero-order valence-corrected chi connectivity index (χ0v) is 19.7. The monoisotopic (exact) mass is 461 g/mol. The average Bonchev–Trinajstić information content (AvgIpc) is 2.92. The molecule has 3 heteroatoms. The van der Waals surface area contributed by atoms with Crippen LogP contribution in [0.3, 0.4) is 0 Å². The van der Waals surface area contributed by atoms with Crippen molar-refractivity contribution in [1.82, 2.24) is 0 Å². The van der Waals surface area contributed by atoms with Gasteiger partial charge in [-0.15, -0.1) is 0 Å². The van der Waals surface area contributed by atoms with Crippen molar-refractivity contribution < 1.29 is 9.84 Å². The lowest BCUT2D eigenvalue weighted by atomic mass is 10.2. The summed E-state index contributed by atoms with van der Waals surface area (Å²) in [6.07, 6.45) is 0. The number of hydrogen-bond donors (Lipinski definition) is 1. The van der Waals surface area contributed by atoms with E-state index in [-0.39, 0.29) is 6.61 Å². The number of benzene rings is 5. The molecule has 1 N–H and O–H groups in total. The van der Waals surface area contributed by atoms with Crippen LogP contribution in [-0.2, 0) is 6.61 Å². The molecule has 5 aromatic carbocycles. The van der Waals surface area contributed by atoms with E-state index in [9.17, 15) is 5.11 Å². The van der Waals surface area contributed by atoms with Crippen molar-refractivity contribution in [1.29, 1.82) is 0 Å². The van der Waals surface area contributed by atoms with E-state index in [2.05, 4.69) is 115 Å². The molecular weight excluding hydrogens is 435 g/mol. The maximum atomic E-state index is 9.27. The topological polar surface area (TPSA) is 29.5 Å². The van der Waals surface area contributed by atoms with Crippen molar-refractivity contribution in [2.75, 3.05) is 0 Å². The van der Waals surface area contributed by atoms with E-state index >= 15 is 0 Å². The van der Waals surface area contributed by atoms with E-state index in [1.54, 1.807) is 0 Å². The summed E-state index contributed by atoms with van der Waals surface area (Å²) in [7, 11) is -2.10. The summed E-state index contributed by atoms with van der Waals surface area (Å²) in [5, 5.41) is 14.5. The largest absolute Gasteiger partial charge is 0.457 e. The van der Waals surface area contributed by atoms with Crippen LogP contribution in [0.5, 0.6) is 11.5 Å². The highest BCUT2D eigenvalue weighted by Gasteiger charge is 2.47. The van der Waals surface area contributed by atoms with Crippen molar-refractivity contribution in [2.45, 2.75) is 6.61 Å². The van der Waals surface area contributed by atoms with Gasteiger partial charge in [0.2, 0.25) is 0 Å². The molecule has 5 rings (SSSR count). The maximum Gasteiger partial charge on any atom is 0.144 e. The van der Waals surface area contributed by atoms with Gasteiger partial charge in [-0.2, -0.15) is 0 Å². The fraction of sp³-hybridized carbons (Fsp3) is 0.0323. The molecule has 0 bridgehead atoms. The van der Waals surface area contributed by atoms with E-state index < -0.39 is 7.26 Å². The van der Waals surface area contributed by atoms with Crippen molar-refractivity contribution in [2.24, 2.45) is 0 Å². The van der Waals surface area contributed by atoms with Crippen LogP contribution in [-0.4, -0.2) is 5.11 Å². The molecular formula is C31H26O2P+. The third kappa shape index (κ3) is 4.26. The van der Waals surface area contributed by atoms with Gasteiger partial charge in [-0.25, -0.2) is 0 Å². The standard InChI is InChI=1S/C31H26O2P/c32-24-25-16-18-26(19-17-25)33-27-20-22-31(23-21-27)34(28-10-4-1-5-11-28,29-12-6-2-7-13-29)30-14-8-3-9-15-30/h1-23,32H,24H2/q+1. The van der Waals surface area contributed by atoms with Crippen LogP contribution in [0, 0.1) is 0 Å². The minimum absolute atomic E-state index is 0.0270. The Balaban J connectivity index is 1.63. The van der Waals surface area contributed by atoms with Crippen LogP contribution in [0.25, 0.3) is 0 Å². The molecule has 0 saturated carbocycles.